The lowest BCUT2D eigenvalue weighted by Gasteiger charge is -2.07. The van der Waals surface area contributed by atoms with Gasteiger partial charge in [-0.15, -0.1) is 21.5 Å². The molecule has 0 saturated carbocycles. The number of aryl methyl sites for hydroxylation is 2. The fourth-order valence-corrected chi connectivity index (χ4v) is 3.95. The molecule has 0 N–H and O–H groups in total. The van der Waals surface area contributed by atoms with Crippen LogP contribution in [0.1, 0.15) is 28.0 Å². The molecule has 24 heavy (non-hydrogen) atoms. The second-order valence-corrected chi connectivity index (χ2v) is 8.09. The van der Waals surface area contributed by atoms with Gasteiger partial charge >= 0.3 is 0 Å². The Morgan fingerprint density at radius 2 is 2.12 bits per heavy atom. The van der Waals surface area contributed by atoms with E-state index < -0.39 is 0 Å². The largest absolute Gasteiger partial charge is 0.410 e. The Balaban J connectivity index is 1.74. The number of hydrogen-bond acceptors (Lipinski definition) is 7. The highest BCUT2D eigenvalue weighted by Gasteiger charge is 2.21. The second kappa shape index (κ2) is 7.04. The lowest BCUT2D eigenvalue weighted by atomic mass is 10.1. The number of carbonyl (C=O) groups is 1. The molecule has 0 amide bonds. The van der Waals surface area contributed by atoms with E-state index in [1.165, 1.54) is 23.1 Å². The van der Waals surface area contributed by atoms with E-state index in [0.717, 1.165) is 15.6 Å². The van der Waals surface area contributed by atoms with Crippen molar-refractivity contribution in [1.82, 2.24) is 15.2 Å². The number of carbonyl (C=O) groups excluding carboxylic acids is 1. The van der Waals surface area contributed by atoms with E-state index in [2.05, 4.69) is 15.2 Å². The first-order valence-corrected chi connectivity index (χ1v) is 9.26. The standard InChI is InChI=1S/C16H14ClN3O2S2/c1-8-14(24-10(3)18-8)15-19-20-16(22-15)23-9(2)13(21)11-5-4-6-12(17)7-11/h4-7,9H,1-3H3. The lowest BCUT2D eigenvalue weighted by molar-refractivity contribution is 0.0993. The summed E-state index contributed by atoms with van der Waals surface area (Å²) in [5.74, 6) is 0.398. The molecule has 2 heterocycles. The van der Waals surface area contributed by atoms with Crippen LogP contribution in [0.25, 0.3) is 10.8 Å². The molecule has 5 nitrogen and oxygen atoms in total. The molecule has 0 saturated heterocycles. The Morgan fingerprint density at radius 3 is 2.79 bits per heavy atom. The first kappa shape index (κ1) is 17.1. The molecule has 1 atom stereocenters. The van der Waals surface area contributed by atoms with Crippen molar-refractivity contribution in [3.8, 4) is 10.8 Å². The van der Waals surface area contributed by atoms with Gasteiger partial charge in [-0.2, -0.15) is 0 Å². The molecule has 2 aromatic heterocycles. The molecule has 3 aromatic rings. The monoisotopic (exact) mass is 379 g/mol. The number of benzene rings is 1. The van der Waals surface area contributed by atoms with Crippen molar-refractivity contribution in [2.75, 3.05) is 0 Å². The predicted octanol–water partition coefficient (Wildman–Crippen LogP) is 4.83. The van der Waals surface area contributed by atoms with Crippen molar-refractivity contribution in [1.29, 1.82) is 0 Å². The first-order valence-electron chi connectivity index (χ1n) is 7.18. The number of rotatable bonds is 5. The van der Waals surface area contributed by atoms with Crippen LogP contribution in [0.5, 0.6) is 0 Å². The number of thioether (sulfide) groups is 1. The number of halogens is 1. The Morgan fingerprint density at radius 1 is 1.33 bits per heavy atom. The summed E-state index contributed by atoms with van der Waals surface area (Å²) in [6.07, 6.45) is 0. The summed E-state index contributed by atoms with van der Waals surface area (Å²) in [4.78, 5) is 17.7. The molecule has 0 radical (unpaired) electrons. The minimum atomic E-state index is -0.360. The SMILES string of the molecule is Cc1nc(C)c(-c2nnc(SC(C)C(=O)c3cccc(Cl)c3)o2)s1. The maximum absolute atomic E-state index is 12.5. The third-order valence-electron chi connectivity index (χ3n) is 3.26. The fraction of sp³-hybridized carbons (Fsp3) is 0.250. The fourth-order valence-electron chi connectivity index (χ4n) is 2.16. The number of hydrogen-bond donors (Lipinski definition) is 0. The summed E-state index contributed by atoms with van der Waals surface area (Å²) in [6, 6.07) is 6.89. The molecule has 3 rings (SSSR count). The van der Waals surface area contributed by atoms with E-state index in [4.69, 9.17) is 16.0 Å². The van der Waals surface area contributed by atoms with Gasteiger partial charge in [0.05, 0.1) is 16.0 Å². The van der Waals surface area contributed by atoms with Crippen LogP contribution in [-0.4, -0.2) is 26.2 Å². The number of thiazole rings is 1. The van der Waals surface area contributed by atoms with Crippen LogP contribution < -0.4 is 0 Å². The van der Waals surface area contributed by atoms with Crippen molar-refractivity contribution >= 4 is 40.5 Å². The van der Waals surface area contributed by atoms with Crippen LogP contribution in [-0.2, 0) is 0 Å². The van der Waals surface area contributed by atoms with Crippen molar-refractivity contribution in [3.63, 3.8) is 0 Å². The molecule has 0 aliphatic carbocycles. The van der Waals surface area contributed by atoms with Gasteiger partial charge in [0.25, 0.3) is 11.1 Å². The van der Waals surface area contributed by atoms with E-state index in [-0.39, 0.29) is 11.0 Å². The van der Waals surface area contributed by atoms with Crippen molar-refractivity contribution in [3.05, 3.63) is 45.6 Å². The van der Waals surface area contributed by atoms with Gasteiger partial charge in [0.2, 0.25) is 0 Å². The summed E-state index contributed by atoms with van der Waals surface area (Å²) < 4.78 is 5.68. The number of aromatic nitrogens is 3. The van der Waals surface area contributed by atoms with E-state index >= 15 is 0 Å². The molecule has 0 fully saturated rings. The average Bonchev–Trinajstić information content (AvgIpc) is 3.12. The first-order chi connectivity index (χ1) is 11.4. The molecular formula is C16H14ClN3O2S2. The highest BCUT2D eigenvalue weighted by molar-refractivity contribution is 8.00. The van der Waals surface area contributed by atoms with E-state index in [1.807, 2.05) is 13.8 Å². The Hall–Kier alpha value is -1.70. The molecule has 0 aliphatic heterocycles. The van der Waals surface area contributed by atoms with E-state index in [9.17, 15) is 4.79 Å². The van der Waals surface area contributed by atoms with Gasteiger partial charge < -0.3 is 4.42 Å². The average molecular weight is 380 g/mol. The number of nitrogens with zero attached hydrogens (tertiary/aromatic N) is 3. The maximum Gasteiger partial charge on any atom is 0.277 e. The van der Waals surface area contributed by atoms with Gasteiger partial charge in [-0.1, -0.05) is 35.5 Å². The molecule has 0 aliphatic rings. The zero-order chi connectivity index (χ0) is 17.3. The Kier molecular flexibility index (Phi) is 5.03. The van der Waals surface area contributed by atoms with Gasteiger partial charge in [-0.05, 0) is 32.9 Å². The van der Waals surface area contributed by atoms with Gasteiger partial charge in [-0.25, -0.2) is 4.98 Å². The van der Waals surface area contributed by atoms with Crippen molar-refractivity contribution in [2.24, 2.45) is 0 Å². The van der Waals surface area contributed by atoms with E-state index in [0.29, 0.717) is 21.7 Å². The topological polar surface area (TPSA) is 68.9 Å². The van der Waals surface area contributed by atoms with Crippen LogP contribution in [0.15, 0.2) is 33.9 Å². The highest BCUT2D eigenvalue weighted by Crippen LogP contribution is 2.32. The van der Waals surface area contributed by atoms with Gasteiger partial charge in [0.1, 0.15) is 4.88 Å². The molecular weight excluding hydrogens is 366 g/mol. The minimum absolute atomic E-state index is 0.0351. The smallest absolute Gasteiger partial charge is 0.277 e. The maximum atomic E-state index is 12.5. The second-order valence-electron chi connectivity index (χ2n) is 5.16. The quantitative estimate of drug-likeness (QED) is 0.467. The normalized spacial score (nSPS) is 12.3. The minimum Gasteiger partial charge on any atom is -0.410 e. The summed E-state index contributed by atoms with van der Waals surface area (Å²) in [7, 11) is 0. The summed E-state index contributed by atoms with van der Waals surface area (Å²) in [6.45, 7) is 5.64. The zero-order valence-corrected chi connectivity index (χ0v) is 15.6. The van der Waals surface area contributed by atoms with Crippen molar-refractivity contribution < 1.29 is 9.21 Å². The van der Waals surface area contributed by atoms with E-state index in [1.54, 1.807) is 31.2 Å². The van der Waals surface area contributed by atoms with Crippen LogP contribution in [0, 0.1) is 13.8 Å². The van der Waals surface area contributed by atoms with Crippen LogP contribution in [0.3, 0.4) is 0 Å². The zero-order valence-electron chi connectivity index (χ0n) is 13.2. The van der Waals surface area contributed by atoms with Crippen LogP contribution in [0.2, 0.25) is 5.02 Å². The van der Waals surface area contributed by atoms with Crippen LogP contribution in [0.4, 0.5) is 0 Å². The molecule has 1 aromatic carbocycles. The van der Waals surface area contributed by atoms with Crippen LogP contribution >= 0.6 is 34.7 Å². The van der Waals surface area contributed by atoms with Gasteiger partial charge in [0, 0.05) is 10.6 Å². The van der Waals surface area contributed by atoms with Gasteiger partial charge in [-0.3, -0.25) is 4.79 Å². The number of Topliss-reactive ketones (excluding diaryl/α,β-unsaturated/α-hetero) is 1. The lowest BCUT2D eigenvalue weighted by Crippen LogP contribution is -2.13. The van der Waals surface area contributed by atoms with Crippen molar-refractivity contribution in [2.45, 2.75) is 31.2 Å². The predicted molar refractivity (Wildman–Crippen MR) is 96.0 cm³/mol. The summed E-state index contributed by atoms with van der Waals surface area (Å²) in [5, 5.41) is 9.56. The molecule has 0 bridgehead atoms. The number of ketones is 1. The summed E-state index contributed by atoms with van der Waals surface area (Å²) >= 11 is 8.68. The Bertz CT molecular complexity index is 891. The molecule has 1 unspecified atom stereocenters. The third-order valence-corrected chi connectivity index (χ3v) is 5.49. The van der Waals surface area contributed by atoms with Gasteiger partial charge in [0.15, 0.2) is 5.78 Å². The molecule has 124 valence electrons. The third kappa shape index (κ3) is 3.68. The molecule has 8 heteroatoms. The Labute approximate surface area is 152 Å². The summed E-state index contributed by atoms with van der Waals surface area (Å²) in [5.41, 5.74) is 1.43. The highest BCUT2D eigenvalue weighted by atomic mass is 35.5. The molecule has 0 spiro atoms.